The van der Waals surface area contributed by atoms with Gasteiger partial charge in [0.25, 0.3) is 0 Å². The number of hydrogen-bond donors (Lipinski definition) is 0. The highest BCUT2D eigenvalue weighted by molar-refractivity contribution is 7.12. The van der Waals surface area contributed by atoms with Gasteiger partial charge in [-0.1, -0.05) is 0 Å². The van der Waals surface area contributed by atoms with E-state index in [1.165, 1.54) is 12.5 Å². The summed E-state index contributed by atoms with van der Waals surface area (Å²) in [6, 6.07) is 1.15. The van der Waals surface area contributed by atoms with Crippen molar-refractivity contribution in [3.05, 3.63) is 22.1 Å². The maximum atomic E-state index is 12.2. The second kappa shape index (κ2) is 2.79. The highest BCUT2D eigenvalue weighted by Gasteiger charge is 2.07. The molecule has 0 bridgehead atoms. The van der Waals surface area contributed by atoms with Crippen LogP contribution in [0.1, 0.15) is 9.67 Å². The minimum absolute atomic E-state index is 0.292. The van der Waals surface area contributed by atoms with Crippen molar-refractivity contribution in [2.45, 2.75) is 0 Å². The Balaban J connectivity index is 2.85. The molecule has 0 aromatic carbocycles. The molecule has 0 aliphatic rings. The maximum absolute atomic E-state index is 12.2. The lowest BCUT2D eigenvalue weighted by Gasteiger charge is -1.90. The molecule has 1 aromatic heterocycles. The van der Waals surface area contributed by atoms with Gasteiger partial charge < -0.3 is 4.74 Å². The van der Waals surface area contributed by atoms with Crippen LogP contribution in [-0.4, -0.2) is 13.1 Å². The van der Waals surface area contributed by atoms with E-state index >= 15 is 0 Å². The fourth-order valence-corrected chi connectivity index (χ4v) is 1.19. The Bertz CT molecular complexity index is 244. The molecule has 54 valence electrons. The highest BCUT2D eigenvalue weighted by Crippen LogP contribution is 2.13. The average Bonchev–Trinajstić information content (AvgIpc) is 2.34. The molecule has 0 amide bonds. The number of rotatable bonds is 1. The Labute approximate surface area is 61.2 Å². The number of esters is 1. The molecule has 4 heteroatoms. The van der Waals surface area contributed by atoms with Crippen LogP contribution in [0.5, 0.6) is 0 Å². The van der Waals surface area contributed by atoms with Gasteiger partial charge in [-0.25, -0.2) is 9.18 Å². The third-order valence-corrected chi connectivity index (χ3v) is 1.84. The summed E-state index contributed by atoms with van der Waals surface area (Å²) in [5, 5.41) is 1.26. The summed E-state index contributed by atoms with van der Waals surface area (Å²) in [5.74, 6) is -0.890. The molecule has 0 aliphatic carbocycles. The van der Waals surface area contributed by atoms with Crippen LogP contribution in [-0.2, 0) is 4.74 Å². The quantitative estimate of drug-likeness (QED) is 0.584. The molecule has 0 N–H and O–H groups in total. The van der Waals surface area contributed by atoms with Crippen molar-refractivity contribution in [2.24, 2.45) is 0 Å². The molecule has 0 radical (unpaired) electrons. The van der Waals surface area contributed by atoms with E-state index in [4.69, 9.17) is 0 Å². The number of carbonyl (C=O) groups excluding carboxylic acids is 1. The lowest BCUT2D eigenvalue weighted by Crippen LogP contribution is -1.96. The van der Waals surface area contributed by atoms with Crippen LogP contribution in [0.2, 0.25) is 0 Å². The van der Waals surface area contributed by atoms with E-state index in [2.05, 4.69) is 4.74 Å². The highest BCUT2D eigenvalue weighted by atomic mass is 32.1. The van der Waals surface area contributed by atoms with Crippen LogP contribution in [0.15, 0.2) is 11.4 Å². The van der Waals surface area contributed by atoms with Gasteiger partial charge in [0, 0.05) is 5.38 Å². The molecule has 0 spiro atoms. The Hall–Kier alpha value is -0.900. The van der Waals surface area contributed by atoms with E-state index in [1.54, 1.807) is 0 Å². The zero-order valence-electron chi connectivity index (χ0n) is 5.26. The van der Waals surface area contributed by atoms with Crippen LogP contribution in [0.4, 0.5) is 4.39 Å². The fraction of sp³-hybridized carbons (Fsp3) is 0.167. The summed E-state index contributed by atoms with van der Waals surface area (Å²) in [6.07, 6.45) is 0. The van der Waals surface area contributed by atoms with Crippen molar-refractivity contribution in [2.75, 3.05) is 7.11 Å². The summed E-state index contributed by atoms with van der Waals surface area (Å²) in [5.41, 5.74) is 0. The number of carbonyl (C=O) groups is 1. The van der Waals surface area contributed by atoms with E-state index in [0.717, 1.165) is 17.4 Å². The van der Waals surface area contributed by atoms with Gasteiger partial charge in [-0.05, 0) is 6.07 Å². The van der Waals surface area contributed by atoms with Crippen molar-refractivity contribution in [3.63, 3.8) is 0 Å². The van der Waals surface area contributed by atoms with Crippen LogP contribution in [0.3, 0.4) is 0 Å². The Morgan fingerprint density at radius 3 is 2.90 bits per heavy atom. The summed E-state index contributed by atoms with van der Waals surface area (Å²) >= 11 is 1.03. The van der Waals surface area contributed by atoms with Crippen molar-refractivity contribution in [3.8, 4) is 0 Å². The first-order valence-corrected chi connectivity index (χ1v) is 3.44. The smallest absolute Gasteiger partial charge is 0.348 e. The van der Waals surface area contributed by atoms with Gasteiger partial charge in [-0.3, -0.25) is 0 Å². The first kappa shape index (κ1) is 7.21. The molecule has 1 rings (SSSR count). The molecule has 1 aromatic rings. The first-order valence-electron chi connectivity index (χ1n) is 2.56. The van der Waals surface area contributed by atoms with Crippen LogP contribution in [0, 0.1) is 5.82 Å². The number of hydrogen-bond acceptors (Lipinski definition) is 3. The zero-order valence-corrected chi connectivity index (χ0v) is 6.07. The third-order valence-electron chi connectivity index (χ3n) is 0.954. The number of ether oxygens (including phenoxy) is 1. The topological polar surface area (TPSA) is 26.3 Å². The number of methoxy groups -OCH3 is 1. The summed E-state index contributed by atoms with van der Waals surface area (Å²) in [6.45, 7) is 0. The molecule has 0 fully saturated rings. The van der Waals surface area contributed by atoms with Gasteiger partial charge in [0.2, 0.25) is 0 Å². The predicted octanol–water partition coefficient (Wildman–Crippen LogP) is 1.67. The zero-order chi connectivity index (χ0) is 7.56. The third kappa shape index (κ3) is 1.33. The lowest BCUT2D eigenvalue weighted by molar-refractivity contribution is 0.0606. The van der Waals surface area contributed by atoms with Crippen molar-refractivity contribution >= 4 is 17.3 Å². The molecule has 1 heterocycles. The van der Waals surface area contributed by atoms with Crippen LogP contribution >= 0.6 is 11.3 Å². The Morgan fingerprint density at radius 2 is 2.50 bits per heavy atom. The number of thiophene rings is 1. The standard InChI is InChI=1S/C6H5FO2S/c1-9-6(8)5-2-4(7)3-10-5/h2-3H,1H3. The van der Waals surface area contributed by atoms with E-state index in [-0.39, 0.29) is 0 Å². The lowest BCUT2D eigenvalue weighted by atomic mass is 10.5. The molecule has 0 aliphatic heterocycles. The number of halogens is 1. The van der Waals surface area contributed by atoms with Crippen molar-refractivity contribution in [1.82, 2.24) is 0 Å². The van der Waals surface area contributed by atoms with E-state index < -0.39 is 11.8 Å². The maximum Gasteiger partial charge on any atom is 0.348 e. The van der Waals surface area contributed by atoms with Gasteiger partial charge in [0.1, 0.15) is 10.7 Å². The molecule has 2 nitrogen and oxygen atoms in total. The summed E-state index contributed by atoms with van der Waals surface area (Å²) < 4.78 is 16.6. The minimum atomic E-state index is -0.492. The van der Waals surface area contributed by atoms with Gasteiger partial charge in [0.15, 0.2) is 0 Å². The van der Waals surface area contributed by atoms with Crippen molar-refractivity contribution in [1.29, 1.82) is 0 Å². The second-order valence-corrected chi connectivity index (χ2v) is 2.53. The predicted molar refractivity (Wildman–Crippen MR) is 35.6 cm³/mol. The summed E-state index contributed by atoms with van der Waals surface area (Å²) in [7, 11) is 1.26. The molecule has 0 unspecified atom stereocenters. The molecular formula is C6H5FO2S. The molecule has 0 saturated carbocycles. The monoisotopic (exact) mass is 160 g/mol. The van der Waals surface area contributed by atoms with Crippen molar-refractivity contribution < 1.29 is 13.9 Å². The molecule has 0 atom stereocenters. The molecule has 10 heavy (non-hydrogen) atoms. The SMILES string of the molecule is COC(=O)c1cc(F)cs1. The van der Waals surface area contributed by atoms with E-state index in [1.807, 2.05) is 0 Å². The molecular weight excluding hydrogens is 155 g/mol. The average molecular weight is 160 g/mol. The fourth-order valence-electron chi connectivity index (χ4n) is 0.521. The first-order chi connectivity index (χ1) is 4.74. The van der Waals surface area contributed by atoms with E-state index in [9.17, 15) is 9.18 Å². The largest absolute Gasteiger partial charge is 0.465 e. The van der Waals surface area contributed by atoms with Gasteiger partial charge >= 0.3 is 5.97 Å². The normalized spacial score (nSPS) is 9.40. The Morgan fingerprint density at radius 1 is 1.80 bits per heavy atom. The van der Waals surface area contributed by atoms with Gasteiger partial charge in [-0.2, -0.15) is 0 Å². The second-order valence-electron chi connectivity index (χ2n) is 1.62. The van der Waals surface area contributed by atoms with Gasteiger partial charge in [0.05, 0.1) is 7.11 Å². The van der Waals surface area contributed by atoms with E-state index in [0.29, 0.717) is 4.88 Å². The Kier molecular flexibility index (Phi) is 2.01. The van der Waals surface area contributed by atoms with Crippen LogP contribution in [0.25, 0.3) is 0 Å². The van der Waals surface area contributed by atoms with Crippen LogP contribution < -0.4 is 0 Å². The van der Waals surface area contributed by atoms with Gasteiger partial charge in [-0.15, -0.1) is 11.3 Å². The molecule has 0 saturated heterocycles. The summed E-state index contributed by atoms with van der Waals surface area (Å²) in [4.78, 5) is 10.9. The minimum Gasteiger partial charge on any atom is -0.465 e.